The molecule has 0 spiro atoms. The van der Waals surface area contributed by atoms with Crippen molar-refractivity contribution >= 4 is 11.5 Å². The van der Waals surface area contributed by atoms with Gasteiger partial charge < -0.3 is 15.7 Å². The first-order chi connectivity index (χ1) is 7.91. The number of nitrogen functional groups attached to an aromatic ring is 1. The van der Waals surface area contributed by atoms with Gasteiger partial charge in [-0.1, -0.05) is 6.07 Å². The number of hydrogen-bond acceptors (Lipinski definition) is 3. The average Bonchev–Trinajstić information content (AvgIpc) is 2.25. The van der Waals surface area contributed by atoms with Crippen molar-refractivity contribution in [2.24, 2.45) is 5.73 Å². The van der Waals surface area contributed by atoms with E-state index < -0.39 is 0 Å². The minimum atomic E-state index is -0.317. The van der Waals surface area contributed by atoms with Crippen LogP contribution in [0.15, 0.2) is 18.2 Å². The zero-order valence-electron chi connectivity index (χ0n) is 10.7. The monoisotopic (exact) mass is 235 g/mol. The van der Waals surface area contributed by atoms with Crippen LogP contribution >= 0.6 is 0 Å². The van der Waals surface area contributed by atoms with E-state index >= 15 is 0 Å². The summed E-state index contributed by atoms with van der Waals surface area (Å²) < 4.78 is 0. The molecule has 1 unspecified atom stereocenters. The maximum atomic E-state index is 9.29. The van der Waals surface area contributed by atoms with Gasteiger partial charge in [0.1, 0.15) is 5.84 Å². The van der Waals surface area contributed by atoms with Crippen molar-refractivity contribution in [3.63, 3.8) is 0 Å². The fraction of sp³-hybridized carbons (Fsp3) is 0.462. The summed E-state index contributed by atoms with van der Waals surface area (Å²) in [7, 11) is 1.95. The standard InChI is InChI=1S/C13H21N3O/c1-9-4-5-11(13(14)15)12(8-9)16(3)7-6-10(2)17/h4-5,8,10,17H,6-7H2,1-3H3,(H3,14,15). The van der Waals surface area contributed by atoms with Gasteiger partial charge in [0.25, 0.3) is 0 Å². The van der Waals surface area contributed by atoms with Gasteiger partial charge in [0.15, 0.2) is 0 Å². The number of aryl methyl sites for hydroxylation is 1. The lowest BCUT2D eigenvalue weighted by atomic mass is 10.1. The number of aliphatic hydroxyl groups excluding tert-OH is 1. The largest absolute Gasteiger partial charge is 0.393 e. The van der Waals surface area contributed by atoms with Crippen LogP contribution in [0.25, 0.3) is 0 Å². The molecule has 1 aromatic carbocycles. The van der Waals surface area contributed by atoms with E-state index in [4.69, 9.17) is 11.1 Å². The number of aliphatic hydroxyl groups is 1. The molecule has 0 radical (unpaired) electrons. The summed E-state index contributed by atoms with van der Waals surface area (Å²) in [6.45, 7) is 4.52. The van der Waals surface area contributed by atoms with E-state index in [0.29, 0.717) is 6.42 Å². The molecule has 0 aliphatic rings. The van der Waals surface area contributed by atoms with Crippen LogP contribution in [0, 0.1) is 12.3 Å². The van der Waals surface area contributed by atoms with Crippen molar-refractivity contribution < 1.29 is 5.11 Å². The molecule has 0 saturated carbocycles. The number of nitrogens with one attached hydrogen (secondary N) is 1. The smallest absolute Gasteiger partial charge is 0.124 e. The molecule has 0 saturated heterocycles. The summed E-state index contributed by atoms with van der Waals surface area (Å²) in [6.07, 6.45) is 0.380. The molecule has 0 heterocycles. The van der Waals surface area contributed by atoms with Crippen LogP contribution in [0.3, 0.4) is 0 Å². The third-order valence-corrected chi connectivity index (χ3v) is 2.74. The Bertz CT molecular complexity index is 402. The third-order valence-electron chi connectivity index (χ3n) is 2.74. The average molecular weight is 235 g/mol. The number of nitrogens with two attached hydrogens (primary N) is 1. The molecule has 1 atom stereocenters. The predicted octanol–water partition coefficient (Wildman–Crippen LogP) is 1.49. The van der Waals surface area contributed by atoms with E-state index in [0.717, 1.165) is 23.4 Å². The van der Waals surface area contributed by atoms with Crippen LogP contribution in [-0.2, 0) is 0 Å². The second-order valence-corrected chi connectivity index (χ2v) is 4.49. The first kappa shape index (κ1) is 13.5. The van der Waals surface area contributed by atoms with Crippen LogP contribution < -0.4 is 10.6 Å². The number of hydrogen-bond donors (Lipinski definition) is 3. The van der Waals surface area contributed by atoms with Crippen LogP contribution in [0.4, 0.5) is 5.69 Å². The summed E-state index contributed by atoms with van der Waals surface area (Å²) in [5.41, 5.74) is 8.38. The molecule has 0 aliphatic heterocycles. The van der Waals surface area contributed by atoms with E-state index in [1.165, 1.54) is 0 Å². The molecular weight excluding hydrogens is 214 g/mol. The Morgan fingerprint density at radius 2 is 2.18 bits per heavy atom. The number of amidine groups is 1. The maximum absolute atomic E-state index is 9.29. The molecule has 4 nitrogen and oxygen atoms in total. The molecule has 1 rings (SSSR count). The van der Waals surface area contributed by atoms with Crippen molar-refractivity contribution in [3.8, 4) is 0 Å². The zero-order chi connectivity index (χ0) is 13.0. The fourth-order valence-electron chi connectivity index (χ4n) is 1.69. The zero-order valence-corrected chi connectivity index (χ0v) is 10.7. The summed E-state index contributed by atoms with van der Waals surface area (Å²) >= 11 is 0. The highest BCUT2D eigenvalue weighted by Gasteiger charge is 2.10. The lowest BCUT2D eigenvalue weighted by Gasteiger charge is -2.23. The Morgan fingerprint density at radius 3 is 2.71 bits per heavy atom. The van der Waals surface area contributed by atoms with Gasteiger partial charge in [-0.2, -0.15) is 0 Å². The Kier molecular flexibility index (Phi) is 4.52. The lowest BCUT2D eigenvalue weighted by molar-refractivity contribution is 0.187. The van der Waals surface area contributed by atoms with Gasteiger partial charge in [-0.3, -0.25) is 5.41 Å². The molecule has 94 valence electrons. The Balaban J connectivity index is 2.94. The molecule has 17 heavy (non-hydrogen) atoms. The molecule has 4 heteroatoms. The predicted molar refractivity (Wildman–Crippen MR) is 71.8 cm³/mol. The summed E-state index contributed by atoms with van der Waals surface area (Å²) in [6, 6.07) is 5.83. The van der Waals surface area contributed by atoms with E-state index in [1.807, 2.05) is 37.1 Å². The highest BCUT2D eigenvalue weighted by molar-refractivity contribution is 6.00. The van der Waals surface area contributed by atoms with E-state index in [-0.39, 0.29) is 11.9 Å². The van der Waals surface area contributed by atoms with E-state index in [2.05, 4.69) is 0 Å². The highest BCUT2D eigenvalue weighted by Crippen LogP contribution is 2.21. The van der Waals surface area contributed by atoms with Crippen molar-refractivity contribution in [1.82, 2.24) is 0 Å². The number of benzene rings is 1. The van der Waals surface area contributed by atoms with Gasteiger partial charge in [-0.25, -0.2) is 0 Å². The Labute approximate surface area is 103 Å². The summed E-state index contributed by atoms with van der Waals surface area (Å²) in [4.78, 5) is 2.02. The number of anilines is 1. The summed E-state index contributed by atoms with van der Waals surface area (Å²) in [5, 5.41) is 16.8. The van der Waals surface area contributed by atoms with Gasteiger partial charge in [-0.15, -0.1) is 0 Å². The fourth-order valence-corrected chi connectivity index (χ4v) is 1.69. The molecule has 0 amide bonds. The quantitative estimate of drug-likeness (QED) is 0.534. The molecular formula is C13H21N3O. The normalized spacial score (nSPS) is 12.2. The van der Waals surface area contributed by atoms with Gasteiger partial charge in [0.2, 0.25) is 0 Å². The van der Waals surface area contributed by atoms with Crippen molar-refractivity contribution in [3.05, 3.63) is 29.3 Å². The number of rotatable bonds is 5. The van der Waals surface area contributed by atoms with E-state index in [1.54, 1.807) is 6.92 Å². The lowest BCUT2D eigenvalue weighted by Crippen LogP contribution is -2.25. The molecule has 4 N–H and O–H groups in total. The third kappa shape index (κ3) is 3.75. The second-order valence-electron chi connectivity index (χ2n) is 4.49. The highest BCUT2D eigenvalue weighted by atomic mass is 16.3. The number of nitrogens with zero attached hydrogens (tertiary/aromatic N) is 1. The van der Waals surface area contributed by atoms with Crippen molar-refractivity contribution in [2.45, 2.75) is 26.4 Å². The van der Waals surface area contributed by atoms with Gasteiger partial charge in [-0.05, 0) is 38.0 Å². The van der Waals surface area contributed by atoms with Crippen LogP contribution in [-0.4, -0.2) is 30.6 Å². The van der Waals surface area contributed by atoms with Gasteiger partial charge in [0.05, 0.1) is 6.10 Å². The van der Waals surface area contributed by atoms with E-state index in [9.17, 15) is 5.11 Å². The molecule has 0 fully saturated rings. The SMILES string of the molecule is Cc1ccc(C(=N)N)c(N(C)CCC(C)O)c1. The minimum absolute atomic E-state index is 0.0731. The molecule has 0 aromatic heterocycles. The first-order valence-electron chi connectivity index (χ1n) is 5.76. The van der Waals surface area contributed by atoms with Crippen LogP contribution in [0.2, 0.25) is 0 Å². The van der Waals surface area contributed by atoms with Gasteiger partial charge in [0, 0.05) is 24.8 Å². The van der Waals surface area contributed by atoms with Crippen LogP contribution in [0.1, 0.15) is 24.5 Å². The summed E-state index contributed by atoms with van der Waals surface area (Å²) in [5.74, 6) is 0.0731. The second kappa shape index (κ2) is 5.68. The van der Waals surface area contributed by atoms with Crippen molar-refractivity contribution in [1.29, 1.82) is 5.41 Å². The van der Waals surface area contributed by atoms with Crippen LogP contribution in [0.5, 0.6) is 0 Å². The Morgan fingerprint density at radius 1 is 1.53 bits per heavy atom. The Hall–Kier alpha value is -1.55. The molecule has 0 aliphatic carbocycles. The molecule has 0 bridgehead atoms. The maximum Gasteiger partial charge on any atom is 0.124 e. The van der Waals surface area contributed by atoms with Gasteiger partial charge >= 0.3 is 0 Å². The van der Waals surface area contributed by atoms with Crippen molar-refractivity contribution in [2.75, 3.05) is 18.5 Å². The minimum Gasteiger partial charge on any atom is -0.393 e. The molecule has 1 aromatic rings. The first-order valence-corrected chi connectivity index (χ1v) is 5.76. The topological polar surface area (TPSA) is 73.3 Å².